The van der Waals surface area contributed by atoms with E-state index in [1.54, 1.807) is 41.5 Å². The molecule has 3 fully saturated rings. The van der Waals surface area contributed by atoms with Crippen molar-refractivity contribution in [1.82, 2.24) is 25.6 Å². The van der Waals surface area contributed by atoms with Crippen LogP contribution in [-0.4, -0.2) is 84.3 Å². The van der Waals surface area contributed by atoms with Crippen LogP contribution in [0.15, 0.2) is 36.9 Å². The Morgan fingerprint density at radius 1 is 1.06 bits per heavy atom. The third kappa shape index (κ3) is 9.31. The maximum Gasteiger partial charge on any atom is 0.408 e. The van der Waals surface area contributed by atoms with Crippen molar-refractivity contribution >= 4 is 39.9 Å². The number of nitrogens with one attached hydrogen (secondary N) is 4. The van der Waals surface area contributed by atoms with Crippen LogP contribution in [0.2, 0.25) is 0 Å². The predicted octanol–water partition coefficient (Wildman–Crippen LogP) is 2.80. The van der Waals surface area contributed by atoms with Crippen molar-refractivity contribution in [3.63, 3.8) is 0 Å². The number of ether oxygens (including phenoxy) is 2. The maximum atomic E-state index is 14.2. The molecule has 15 heteroatoms. The van der Waals surface area contributed by atoms with Crippen LogP contribution in [0, 0.1) is 18.3 Å². The summed E-state index contributed by atoms with van der Waals surface area (Å²) in [5.74, 6) is -2.80. The number of aryl methyl sites for hydroxylation is 1. The monoisotopic (exact) mass is 703 g/mol. The summed E-state index contributed by atoms with van der Waals surface area (Å²) in [6, 6.07) is 5.12. The topological polar surface area (TPSA) is 189 Å². The van der Waals surface area contributed by atoms with Crippen LogP contribution >= 0.6 is 0 Å². The summed E-state index contributed by atoms with van der Waals surface area (Å²) < 4.78 is 38.4. The average molecular weight is 704 g/mol. The van der Waals surface area contributed by atoms with E-state index in [4.69, 9.17) is 9.47 Å². The molecule has 1 heterocycles. The van der Waals surface area contributed by atoms with Gasteiger partial charge in [-0.05, 0) is 63.5 Å². The highest BCUT2D eigenvalue weighted by atomic mass is 32.2. The molecular formula is C34H49N5O9S. The van der Waals surface area contributed by atoms with E-state index in [0.29, 0.717) is 12.8 Å². The lowest BCUT2D eigenvalue weighted by molar-refractivity contribution is -0.143. The van der Waals surface area contributed by atoms with Gasteiger partial charge in [-0.1, -0.05) is 51.1 Å². The number of rotatable bonds is 11. The molecule has 0 bridgehead atoms. The summed E-state index contributed by atoms with van der Waals surface area (Å²) in [7, 11) is -3.91. The van der Waals surface area contributed by atoms with E-state index >= 15 is 0 Å². The zero-order valence-corrected chi connectivity index (χ0v) is 30.1. The number of carbonyl (C=O) groups is 5. The molecule has 0 spiro atoms. The van der Waals surface area contributed by atoms with Gasteiger partial charge in [0, 0.05) is 18.9 Å². The third-order valence-corrected chi connectivity index (χ3v) is 10.6. The Labute approximate surface area is 288 Å². The number of alkyl carbamates (subject to hydrolysis) is 2. The molecule has 4 N–H and O–H groups in total. The van der Waals surface area contributed by atoms with Gasteiger partial charge in [-0.15, -0.1) is 6.58 Å². The quantitative estimate of drug-likeness (QED) is 0.251. The lowest BCUT2D eigenvalue weighted by Crippen LogP contribution is -2.60. The van der Waals surface area contributed by atoms with Gasteiger partial charge in [0.25, 0.3) is 5.91 Å². The van der Waals surface area contributed by atoms with Crippen LogP contribution in [0.1, 0.15) is 78.4 Å². The van der Waals surface area contributed by atoms with Crippen LogP contribution in [0.3, 0.4) is 0 Å². The van der Waals surface area contributed by atoms with E-state index in [1.165, 1.54) is 11.0 Å². The third-order valence-electron chi connectivity index (χ3n) is 8.83. The van der Waals surface area contributed by atoms with Gasteiger partial charge >= 0.3 is 12.2 Å². The van der Waals surface area contributed by atoms with Crippen LogP contribution in [-0.2, 0) is 40.4 Å². The minimum Gasteiger partial charge on any atom is -0.444 e. The Morgan fingerprint density at radius 3 is 2.27 bits per heavy atom. The first-order chi connectivity index (χ1) is 22.7. The molecule has 5 amide bonds. The molecular weight excluding hydrogens is 654 g/mol. The number of carbonyl (C=O) groups excluding carboxylic acids is 5. The van der Waals surface area contributed by atoms with Crippen LogP contribution in [0.4, 0.5) is 9.59 Å². The highest BCUT2D eigenvalue weighted by Crippen LogP contribution is 2.45. The van der Waals surface area contributed by atoms with E-state index in [2.05, 4.69) is 27.3 Å². The number of nitrogens with zero attached hydrogens (tertiary/aromatic N) is 1. The van der Waals surface area contributed by atoms with E-state index in [0.717, 1.165) is 11.1 Å². The molecule has 5 unspecified atom stereocenters. The first kappa shape index (κ1) is 37.7. The second-order valence-electron chi connectivity index (χ2n) is 15.2. The molecule has 49 heavy (non-hydrogen) atoms. The van der Waals surface area contributed by atoms with Crippen molar-refractivity contribution in [2.75, 3.05) is 6.54 Å². The number of hydrogen-bond donors (Lipinski definition) is 4. The standard InChI is InChI=1S/C34H49N5O9S/c1-9-22-17-34(22,29(42)38-49(45,46)24-14-15-24)37-27(40)25-16-23(47-30(43)35-18-21-13-11-10-12-20(21)2)19-39(25)28(41)26(32(3,4)5)36-31(44)48-33(6,7)8/h9-13,22-26H,1,14-19H2,2-8H3,(H,35,43)(H,36,44)(H,37,40)(H,38,42). The normalized spacial score (nSPS) is 24.2. The highest BCUT2D eigenvalue weighted by Gasteiger charge is 2.62. The van der Waals surface area contributed by atoms with Gasteiger partial charge in [0.1, 0.15) is 29.3 Å². The molecule has 0 radical (unpaired) electrons. The first-order valence-corrected chi connectivity index (χ1v) is 18.0. The van der Waals surface area contributed by atoms with Gasteiger partial charge < -0.3 is 30.3 Å². The molecule has 2 saturated carbocycles. The number of hydrogen-bond acceptors (Lipinski definition) is 9. The van der Waals surface area contributed by atoms with Crippen LogP contribution < -0.4 is 20.7 Å². The Bertz CT molecular complexity index is 1600. The Morgan fingerprint density at radius 2 is 1.71 bits per heavy atom. The maximum absolute atomic E-state index is 14.2. The molecule has 270 valence electrons. The molecule has 0 aromatic heterocycles. The molecule has 2 aliphatic carbocycles. The predicted molar refractivity (Wildman–Crippen MR) is 180 cm³/mol. The summed E-state index contributed by atoms with van der Waals surface area (Å²) in [6.45, 7) is 15.9. The minimum absolute atomic E-state index is 0.112. The van der Waals surface area contributed by atoms with Gasteiger partial charge in [-0.25, -0.2) is 18.0 Å². The molecule has 1 aromatic carbocycles. The second kappa shape index (κ2) is 14.0. The molecule has 1 aromatic rings. The summed E-state index contributed by atoms with van der Waals surface area (Å²) in [4.78, 5) is 68.5. The zero-order chi connectivity index (χ0) is 36.5. The largest absolute Gasteiger partial charge is 0.444 e. The number of likely N-dealkylation sites (tertiary alicyclic amines) is 1. The van der Waals surface area contributed by atoms with Gasteiger partial charge in [0.2, 0.25) is 21.8 Å². The summed E-state index contributed by atoms with van der Waals surface area (Å²) in [6.07, 6.45) is -0.160. The van der Waals surface area contributed by atoms with Gasteiger partial charge in [0.15, 0.2) is 0 Å². The fourth-order valence-electron chi connectivity index (χ4n) is 5.80. The summed E-state index contributed by atoms with van der Waals surface area (Å²) in [5.41, 5.74) is -1.42. The minimum atomic E-state index is -3.91. The number of amides is 5. The van der Waals surface area contributed by atoms with Crippen molar-refractivity contribution < 1.29 is 41.9 Å². The SMILES string of the molecule is C=CC1CC1(NC(=O)C1CC(OC(=O)NCc2ccccc2C)CN1C(=O)C(NC(=O)OC(C)(C)C)C(C)(C)C)C(=O)NS(=O)(=O)C1CC1. The van der Waals surface area contributed by atoms with E-state index in [-0.39, 0.29) is 25.9 Å². The molecule has 1 aliphatic heterocycles. The van der Waals surface area contributed by atoms with E-state index in [9.17, 15) is 32.4 Å². The fraction of sp³-hybridized carbons (Fsp3) is 0.618. The van der Waals surface area contributed by atoms with E-state index in [1.807, 2.05) is 31.2 Å². The fourth-order valence-corrected chi connectivity index (χ4v) is 7.17. The Hall–Kier alpha value is -4.14. The van der Waals surface area contributed by atoms with E-state index < -0.39 is 85.8 Å². The van der Waals surface area contributed by atoms with Gasteiger partial charge in [0.05, 0.1) is 11.8 Å². The van der Waals surface area contributed by atoms with Gasteiger partial charge in [-0.2, -0.15) is 0 Å². The van der Waals surface area contributed by atoms with Crippen molar-refractivity contribution in [2.24, 2.45) is 11.3 Å². The van der Waals surface area contributed by atoms with Crippen LogP contribution in [0.25, 0.3) is 0 Å². The molecule has 1 saturated heterocycles. The molecule has 4 rings (SSSR count). The van der Waals surface area contributed by atoms with Crippen molar-refractivity contribution in [3.05, 3.63) is 48.0 Å². The molecule has 5 atom stereocenters. The average Bonchev–Trinajstić information content (AvgIpc) is 3.90. The van der Waals surface area contributed by atoms with Crippen molar-refractivity contribution in [3.8, 4) is 0 Å². The Balaban J connectivity index is 1.56. The van der Waals surface area contributed by atoms with Crippen molar-refractivity contribution in [2.45, 2.75) is 115 Å². The summed E-state index contributed by atoms with van der Waals surface area (Å²) in [5, 5.41) is 7.39. The molecule has 3 aliphatic rings. The number of benzene rings is 1. The van der Waals surface area contributed by atoms with Crippen molar-refractivity contribution in [1.29, 1.82) is 0 Å². The first-order valence-electron chi connectivity index (χ1n) is 16.5. The lowest BCUT2D eigenvalue weighted by atomic mass is 9.85. The number of sulfonamides is 1. The van der Waals surface area contributed by atoms with Gasteiger partial charge in [-0.3, -0.25) is 19.1 Å². The zero-order valence-electron chi connectivity index (χ0n) is 29.3. The molecule has 14 nitrogen and oxygen atoms in total. The summed E-state index contributed by atoms with van der Waals surface area (Å²) >= 11 is 0. The smallest absolute Gasteiger partial charge is 0.408 e. The second-order valence-corrected chi connectivity index (χ2v) is 17.1. The van der Waals surface area contributed by atoms with Crippen LogP contribution in [0.5, 0.6) is 0 Å². The Kier molecular flexibility index (Phi) is 10.8. The lowest BCUT2D eigenvalue weighted by Gasteiger charge is -2.36. The highest BCUT2D eigenvalue weighted by molar-refractivity contribution is 7.91.